The average Bonchev–Trinajstić information content (AvgIpc) is 2.04. The van der Waals surface area contributed by atoms with Crippen LogP contribution in [0, 0.1) is 0 Å². The first-order chi connectivity index (χ1) is 6.04. The van der Waals surface area contributed by atoms with Crippen LogP contribution in [0.15, 0.2) is 24.3 Å². The summed E-state index contributed by atoms with van der Waals surface area (Å²) in [4.78, 5) is 17.7. The van der Waals surface area contributed by atoms with E-state index < -0.39 is 7.60 Å². The minimum atomic E-state index is -4.11. The second kappa shape index (κ2) is 3.92. The molecule has 1 aromatic rings. The molecule has 0 aliphatic rings. The maximum atomic E-state index is 10.9. The topological polar surface area (TPSA) is 69.6 Å². The van der Waals surface area contributed by atoms with Crippen molar-refractivity contribution in [1.82, 2.24) is 0 Å². The third kappa shape index (κ3) is 2.84. The Morgan fingerprint density at radius 1 is 1.46 bits per heavy atom. The zero-order valence-electron chi connectivity index (χ0n) is 7.27. The number of hydrogen-bond acceptors (Lipinski definition) is 2. The van der Waals surface area contributed by atoms with E-state index in [1.807, 2.05) is 6.92 Å². The van der Waals surface area contributed by atoms with Gasteiger partial charge in [0.15, 0.2) is 0 Å². The van der Waals surface area contributed by atoms with Crippen LogP contribution in [0.1, 0.15) is 6.92 Å². The fraction of sp³-hybridized carbons (Fsp3) is 0.250. The van der Waals surface area contributed by atoms with Crippen LogP contribution in [0.4, 0.5) is 5.69 Å². The summed E-state index contributed by atoms with van der Waals surface area (Å²) in [6, 6.07) is 6.26. The van der Waals surface area contributed by atoms with E-state index in [9.17, 15) is 4.57 Å². The van der Waals surface area contributed by atoms with Crippen LogP contribution in [-0.4, -0.2) is 16.3 Å². The predicted octanol–water partition coefficient (Wildman–Crippen LogP) is 0.921. The molecule has 0 saturated heterocycles. The lowest BCUT2D eigenvalue weighted by molar-refractivity contribution is 0.387. The van der Waals surface area contributed by atoms with Crippen LogP contribution in [0.3, 0.4) is 0 Å². The summed E-state index contributed by atoms with van der Waals surface area (Å²) in [5.41, 5.74) is 0.725. The van der Waals surface area contributed by atoms with Crippen molar-refractivity contribution in [3.05, 3.63) is 24.3 Å². The van der Waals surface area contributed by atoms with Gasteiger partial charge in [0.2, 0.25) is 0 Å². The summed E-state index contributed by atoms with van der Waals surface area (Å²) < 4.78 is 10.9. The van der Waals surface area contributed by atoms with Gasteiger partial charge in [0.1, 0.15) is 0 Å². The fourth-order valence-electron chi connectivity index (χ4n) is 1.00. The summed E-state index contributed by atoms with van der Waals surface area (Å²) >= 11 is 0. The van der Waals surface area contributed by atoms with Crippen molar-refractivity contribution in [2.24, 2.45) is 0 Å². The Bertz CT molecular complexity index is 334. The minimum Gasteiger partial charge on any atom is -0.385 e. The van der Waals surface area contributed by atoms with Crippen LogP contribution in [-0.2, 0) is 4.57 Å². The number of anilines is 1. The molecule has 3 N–H and O–H groups in total. The van der Waals surface area contributed by atoms with Crippen LogP contribution in [0.25, 0.3) is 0 Å². The van der Waals surface area contributed by atoms with Gasteiger partial charge in [-0.3, -0.25) is 4.57 Å². The Morgan fingerprint density at radius 3 is 2.69 bits per heavy atom. The SMILES string of the molecule is CCNc1cccc(P(=O)(O)O)c1. The molecule has 0 atom stereocenters. The molecule has 0 amide bonds. The van der Waals surface area contributed by atoms with E-state index in [4.69, 9.17) is 9.79 Å². The molecule has 72 valence electrons. The first-order valence-corrected chi connectivity index (χ1v) is 5.55. The van der Waals surface area contributed by atoms with Crippen molar-refractivity contribution in [3.63, 3.8) is 0 Å². The van der Waals surface area contributed by atoms with E-state index in [2.05, 4.69) is 5.32 Å². The molecule has 0 fully saturated rings. The first-order valence-electron chi connectivity index (χ1n) is 3.94. The molecule has 0 aliphatic heterocycles. The van der Waals surface area contributed by atoms with E-state index in [1.54, 1.807) is 12.1 Å². The third-order valence-electron chi connectivity index (χ3n) is 1.56. The van der Waals surface area contributed by atoms with Crippen molar-refractivity contribution in [2.75, 3.05) is 11.9 Å². The smallest absolute Gasteiger partial charge is 0.356 e. The molecule has 13 heavy (non-hydrogen) atoms. The zero-order valence-corrected chi connectivity index (χ0v) is 8.16. The summed E-state index contributed by atoms with van der Waals surface area (Å²) in [5.74, 6) is 0. The van der Waals surface area contributed by atoms with Gasteiger partial charge < -0.3 is 15.1 Å². The molecule has 1 rings (SSSR count). The normalized spacial score (nSPS) is 11.3. The molecule has 0 aliphatic carbocycles. The van der Waals surface area contributed by atoms with Crippen molar-refractivity contribution < 1.29 is 14.4 Å². The van der Waals surface area contributed by atoms with Crippen molar-refractivity contribution in [2.45, 2.75) is 6.92 Å². The maximum absolute atomic E-state index is 10.9. The zero-order chi connectivity index (χ0) is 9.90. The monoisotopic (exact) mass is 201 g/mol. The number of benzene rings is 1. The van der Waals surface area contributed by atoms with Crippen LogP contribution in [0.5, 0.6) is 0 Å². The highest BCUT2D eigenvalue weighted by atomic mass is 31.2. The lowest BCUT2D eigenvalue weighted by atomic mass is 10.3. The molecule has 0 heterocycles. The third-order valence-corrected chi connectivity index (χ3v) is 2.51. The van der Waals surface area contributed by atoms with Crippen molar-refractivity contribution >= 4 is 18.6 Å². The van der Waals surface area contributed by atoms with Gasteiger partial charge in [-0.25, -0.2) is 0 Å². The Morgan fingerprint density at radius 2 is 2.15 bits per heavy atom. The molecule has 0 unspecified atom stereocenters. The fourth-order valence-corrected chi connectivity index (χ4v) is 1.59. The summed E-state index contributed by atoms with van der Waals surface area (Å²) in [6.07, 6.45) is 0. The van der Waals surface area contributed by atoms with Gasteiger partial charge in [-0.15, -0.1) is 0 Å². The molecular weight excluding hydrogens is 189 g/mol. The first kappa shape index (κ1) is 10.3. The van der Waals surface area contributed by atoms with Crippen molar-refractivity contribution in [1.29, 1.82) is 0 Å². The molecule has 0 aromatic heterocycles. The standard InChI is InChI=1S/C8H12NO3P/c1-2-9-7-4-3-5-8(6-7)13(10,11)12/h3-6,9H,2H2,1H3,(H2,10,11,12). The molecule has 0 bridgehead atoms. The van der Waals surface area contributed by atoms with E-state index in [-0.39, 0.29) is 5.30 Å². The second-order valence-electron chi connectivity index (χ2n) is 2.62. The van der Waals surface area contributed by atoms with E-state index in [0.717, 1.165) is 12.2 Å². The molecule has 0 radical (unpaired) electrons. The lowest BCUT2D eigenvalue weighted by Gasteiger charge is -2.07. The Kier molecular flexibility index (Phi) is 3.09. The van der Waals surface area contributed by atoms with Gasteiger partial charge >= 0.3 is 7.60 Å². The van der Waals surface area contributed by atoms with Crippen molar-refractivity contribution in [3.8, 4) is 0 Å². The average molecular weight is 201 g/mol. The quantitative estimate of drug-likeness (QED) is 0.636. The molecule has 4 nitrogen and oxygen atoms in total. The molecule has 5 heteroatoms. The second-order valence-corrected chi connectivity index (χ2v) is 4.23. The van der Waals surface area contributed by atoms with E-state index in [1.165, 1.54) is 12.1 Å². The highest BCUT2D eigenvalue weighted by Crippen LogP contribution is 2.33. The number of rotatable bonds is 3. The predicted molar refractivity (Wildman–Crippen MR) is 52.3 cm³/mol. The summed E-state index contributed by atoms with van der Waals surface area (Å²) in [7, 11) is -4.11. The molecule has 0 spiro atoms. The number of hydrogen-bond donors (Lipinski definition) is 3. The van der Waals surface area contributed by atoms with Gasteiger partial charge in [-0.05, 0) is 25.1 Å². The molecule has 1 aromatic carbocycles. The van der Waals surface area contributed by atoms with Crippen LogP contribution in [0.2, 0.25) is 0 Å². The Hall–Kier alpha value is -0.830. The summed E-state index contributed by atoms with van der Waals surface area (Å²) in [6.45, 7) is 2.65. The van der Waals surface area contributed by atoms with Crippen LogP contribution >= 0.6 is 7.60 Å². The summed E-state index contributed by atoms with van der Waals surface area (Å²) in [5, 5.41) is 3.02. The molecular formula is C8H12NO3P. The van der Waals surface area contributed by atoms with E-state index >= 15 is 0 Å². The van der Waals surface area contributed by atoms with Gasteiger partial charge in [0.05, 0.1) is 5.30 Å². The van der Waals surface area contributed by atoms with Gasteiger partial charge in [-0.1, -0.05) is 6.07 Å². The molecule has 0 saturated carbocycles. The van der Waals surface area contributed by atoms with Gasteiger partial charge in [-0.2, -0.15) is 0 Å². The minimum absolute atomic E-state index is 0.0472. The van der Waals surface area contributed by atoms with Gasteiger partial charge in [0.25, 0.3) is 0 Å². The largest absolute Gasteiger partial charge is 0.385 e. The number of nitrogens with one attached hydrogen (secondary N) is 1. The highest BCUT2D eigenvalue weighted by molar-refractivity contribution is 7.60. The Balaban J connectivity index is 2.99. The van der Waals surface area contributed by atoms with E-state index in [0.29, 0.717) is 0 Å². The lowest BCUT2D eigenvalue weighted by Crippen LogP contribution is -2.05. The van der Waals surface area contributed by atoms with Gasteiger partial charge in [0, 0.05) is 12.2 Å². The highest BCUT2D eigenvalue weighted by Gasteiger charge is 2.16. The Labute approximate surface area is 76.8 Å². The maximum Gasteiger partial charge on any atom is 0.356 e. The van der Waals surface area contributed by atoms with Crippen LogP contribution < -0.4 is 10.6 Å².